The van der Waals surface area contributed by atoms with Gasteiger partial charge >= 0.3 is 0 Å². The Hall–Kier alpha value is -2.66. The van der Waals surface area contributed by atoms with Crippen LogP contribution in [-0.2, 0) is 17.8 Å². The van der Waals surface area contributed by atoms with Crippen molar-refractivity contribution >= 4 is 16.9 Å². The van der Waals surface area contributed by atoms with Crippen LogP contribution >= 0.6 is 0 Å². The molecule has 1 aliphatic rings. The van der Waals surface area contributed by atoms with Crippen LogP contribution in [0.25, 0.3) is 11.0 Å². The Labute approximate surface area is 153 Å². The molecule has 5 heteroatoms. The standard InChI is InChI=1S/C21H23N3O2/c25-21(14-19-18-8-4-5-9-20(18)26-23-19)22-17-10-12-24(13-11-17)15-16-6-2-1-3-7-16/h1-9,17H,10-15H2,(H,22,25). The Morgan fingerprint density at radius 1 is 1.08 bits per heavy atom. The number of nitrogens with one attached hydrogen (secondary N) is 1. The lowest BCUT2D eigenvalue weighted by atomic mass is 10.0. The molecule has 134 valence electrons. The molecule has 1 fully saturated rings. The average molecular weight is 349 g/mol. The van der Waals surface area contributed by atoms with E-state index in [0.717, 1.165) is 43.4 Å². The summed E-state index contributed by atoms with van der Waals surface area (Å²) in [5.74, 6) is 0.0190. The Balaban J connectivity index is 1.27. The second-order valence-electron chi connectivity index (χ2n) is 6.91. The van der Waals surface area contributed by atoms with Crippen LogP contribution < -0.4 is 5.32 Å². The number of piperidine rings is 1. The number of likely N-dealkylation sites (tertiary alicyclic amines) is 1. The quantitative estimate of drug-likeness (QED) is 0.769. The summed E-state index contributed by atoms with van der Waals surface area (Å²) in [6.07, 6.45) is 2.23. The van der Waals surface area contributed by atoms with E-state index in [2.05, 4.69) is 39.6 Å². The van der Waals surface area contributed by atoms with E-state index in [1.165, 1.54) is 5.56 Å². The smallest absolute Gasteiger partial charge is 0.226 e. The minimum atomic E-state index is 0.0190. The van der Waals surface area contributed by atoms with Crippen LogP contribution in [0.1, 0.15) is 24.1 Å². The van der Waals surface area contributed by atoms with Crippen LogP contribution in [-0.4, -0.2) is 35.1 Å². The molecule has 26 heavy (non-hydrogen) atoms. The molecule has 0 aliphatic carbocycles. The van der Waals surface area contributed by atoms with Gasteiger partial charge in [-0.15, -0.1) is 0 Å². The molecule has 1 aliphatic heterocycles. The fourth-order valence-electron chi connectivity index (χ4n) is 3.57. The average Bonchev–Trinajstić information content (AvgIpc) is 3.07. The van der Waals surface area contributed by atoms with Crippen LogP contribution in [0.4, 0.5) is 0 Å². The highest BCUT2D eigenvalue weighted by molar-refractivity contribution is 5.86. The van der Waals surface area contributed by atoms with Crippen molar-refractivity contribution in [3.63, 3.8) is 0 Å². The van der Waals surface area contributed by atoms with Crippen LogP contribution in [0.2, 0.25) is 0 Å². The summed E-state index contributed by atoms with van der Waals surface area (Å²) in [5, 5.41) is 8.12. The Morgan fingerprint density at radius 3 is 2.62 bits per heavy atom. The molecular weight excluding hydrogens is 326 g/mol. The first-order valence-corrected chi connectivity index (χ1v) is 9.17. The van der Waals surface area contributed by atoms with Gasteiger partial charge in [-0.25, -0.2) is 0 Å². The Bertz CT molecular complexity index is 867. The highest BCUT2D eigenvalue weighted by Gasteiger charge is 2.21. The molecule has 0 bridgehead atoms. The summed E-state index contributed by atoms with van der Waals surface area (Å²) in [4.78, 5) is 14.8. The molecule has 1 saturated heterocycles. The SMILES string of the molecule is O=C(Cc1noc2ccccc12)NC1CCN(Cc2ccccc2)CC1. The Morgan fingerprint density at radius 2 is 1.81 bits per heavy atom. The predicted octanol–water partition coefficient (Wildman–Crippen LogP) is 3.15. The third-order valence-electron chi connectivity index (χ3n) is 4.98. The summed E-state index contributed by atoms with van der Waals surface area (Å²) >= 11 is 0. The number of rotatable bonds is 5. The number of hydrogen-bond donors (Lipinski definition) is 1. The molecule has 2 heterocycles. The van der Waals surface area contributed by atoms with E-state index in [-0.39, 0.29) is 18.4 Å². The maximum atomic E-state index is 12.4. The largest absolute Gasteiger partial charge is 0.356 e. The molecule has 2 aromatic carbocycles. The van der Waals surface area contributed by atoms with Gasteiger partial charge in [0.1, 0.15) is 5.69 Å². The zero-order chi connectivity index (χ0) is 17.8. The van der Waals surface area contributed by atoms with Crippen molar-refractivity contribution in [1.82, 2.24) is 15.4 Å². The van der Waals surface area contributed by atoms with Gasteiger partial charge < -0.3 is 9.84 Å². The fraction of sp³-hybridized carbons (Fsp3) is 0.333. The van der Waals surface area contributed by atoms with Gasteiger partial charge in [0.2, 0.25) is 5.91 Å². The number of carbonyl (C=O) groups is 1. The highest BCUT2D eigenvalue weighted by atomic mass is 16.5. The minimum absolute atomic E-state index is 0.0190. The number of aromatic nitrogens is 1. The molecule has 0 unspecified atom stereocenters. The number of benzene rings is 2. The maximum absolute atomic E-state index is 12.4. The fourth-order valence-corrected chi connectivity index (χ4v) is 3.57. The van der Waals surface area contributed by atoms with Crippen molar-refractivity contribution in [2.75, 3.05) is 13.1 Å². The summed E-state index contributed by atoms with van der Waals surface area (Å²) in [6, 6.07) is 18.4. The lowest BCUT2D eigenvalue weighted by molar-refractivity contribution is -0.121. The summed E-state index contributed by atoms with van der Waals surface area (Å²) in [5.41, 5.74) is 2.78. The third kappa shape index (κ3) is 3.94. The zero-order valence-corrected chi connectivity index (χ0v) is 14.7. The van der Waals surface area contributed by atoms with E-state index in [1.807, 2.05) is 30.3 Å². The van der Waals surface area contributed by atoms with E-state index in [4.69, 9.17) is 4.52 Å². The summed E-state index contributed by atoms with van der Waals surface area (Å²) < 4.78 is 5.27. The van der Waals surface area contributed by atoms with Gasteiger partial charge in [-0.1, -0.05) is 47.6 Å². The van der Waals surface area contributed by atoms with Gasteiger partial charge in [0.25, 0.3) is 0 Å². The molecule has 4 rings (SSSR count). The van der Waals surface area contributed by atoms with Gasteiger partial charge in [0, 0.05) is 31.1 Å². The van der Waals surface area contributed by atoms with Crippen molar-refractivity contribution in [2.24, 2.45) is 0 Å². The molecule has 5 nitrogen and oxygen atoms in total. The topological polar surface area (TPSA) is 58.4 Å². The van der Waals surface area contributed by atoms with Crippen LogP contribution in [0.5, 0.6) is 0 Å². The van der Waals surface area contributed by atoms with E-state index >= 15 is 0 Å². The summed E-state index contributed by atoms with van der Waals surface area (Å²) in [7, 11) is 0. The van der Waals surface area contributed by atoms with Gasteiger partial charge in [0.15, 0.2) is 5.58 Å². The van der Waals surface area contributed by atoms with Crippen LogP contribution in [0, 0.1) is 0 Å². The number of nitrogens with zero attached hydrogens (tertiary/aromatic N) is 2. The molecular formula is C21H23N3O2. The van der Waals surface area contributed by atoms with E-state index < -0.39 is 0 Å². The van der Waals surface area contributed by atoms with E-state index in [9.17, 15) is 4.79 Å². The second kappa shape index (κ2) is 7.70. The maximum Gasteiger partial charge on any atom is 0.226 e. The normalized spacial score (nSPS) is 16.0. The zero-order valence-electron chi connectivity index (χ0n) is 14.7. The lowest BCUT2D eigenvalue weighted by Crippen LogP contribution is -2.44. The van der Waals surface area contributed by atoms with Gasteiger partial charge in [-0.2, -0.15) is 0 Å². The molecule has 1 aromatic heterocycles. The number of carbonyl (C=O) groups excluding carboxylic acids is 1. The number of amides is 1. The third-order valence-corrected chi connectivity index (χ3v) is 4.98. The first-order chi connectivity index (χ1) is 12.8. The molecule has 1 N–H and O–H groups in total. The molecule has 0 atom stereocenters. The van der Waals surface area contributed by atoms with Crippen molar-refractivity contribution in [3.8, 4) is 0 Å². The van der Waals surface area contributed by atoms with E-state index in [0.29, 0.717) is 5.69 Å². The molecule has 3 aromatic rings. The highest BCUT2D eigenvalue weighted by Crippen LogP contribution is 2.19. The number of fused-ring (bicyclic) bond motifs is 1. The number of para-hydroxylation sites is 1. The van der Waals surface area contributed by atoms with Gasteiger partial charge in [-0.05, 0) is 30.5 Å². The predicted molar refractivity (Wildman–Crippen MR) is 101 cm³/mol. The van der Waals surface area contributed by atoms with Crippen LogP contribution in [0.3, 0.4) is 0 Å². The summed E-state index contributed by atoms with van der Waals surface area (Å²) in [6.45, 7) is 2.99. The molecule has 0 spiro atoms. The van der Waals surface area contributed by atoms with Crippen molar-refractivity contribution in [3.05, 3.63) is 65.9 Å². The first kappa shape index (κ1) is 16.8. The van der Waals surface area contributed by atoms with Crippen molar-refractivity contribution in [1.29, 1.82) is 0 Å². The monoisotopic (exact) mass is 349 g/mol. The minimum Gasteiger partial charge on any atom is -0.356 e. The first-order valence-electron chi connectivity index (χ1n) is 9.17. The second-order valence-corrected chi connectivity index (χ2v) is 6.91. The lowest BCUT2D eigenvalue weighted by Gasteiger charge is -2.32. The van der Waals surface area contributed by atoms with Crippen molar-refractivity contribution < 1.29 is 9.32 Å². The molecule has 0 radical (unpaired) electrons. The van der Waals surface area contributed by atoms with Gasteiger partial charge in [0.05, 0.1) is 6.42 Å². The molecule has 1 amide bonds. The van der Waals surface area contributed by atoms with E-state index in [1.54, 1.807) is 0 Å². The van der Waals surface area contributed by atoms with Crippen molar-refractivity contribution in [2.45, 2.75) is 31.8 Å². The molecule has 0 saturated carbocycles. The Kier molecular flexibility index (Phi) is 4.97. The van der Waals surface area contributed by atoms with Crippen LogP contribution in [0.15, 0.2) is 59.1 Å². The van der Waals surface area contributed by atoms with Gasteiger partial charge in [-0.3, -0.25) is 9.69 Å². The number of hydrogen-bond acceptors (Lipinski definition) is 4.